The normalized spacial score (nSPS) is 28.2. The Bertz CT molecular complexity index is 254. The Morgan fingerprint density at radius 1 is 1.55 bits per heavy atom. The largest absolute Gasteiger partial charge is 0.506 e. The molecule has 6 heteroatoms. The third-order valence-corrected chi connectivity index (χ3v) is 3.20. The van der Waals surface area contributed by atoms with Crippen molar-refractivity contribution in [1.82, 2.24) is 0 Å². The molecule has 1 heterocycles. The average Bonchev–Trinajstić information content (AvgIpc) is 2.08. The maximum Gasteiger partial charge on any atom is 0.506 e. The molecule has 1 fully saturated rings. The van der Waals surface area contributed by atoms with Gasteiger partial charge >= 0.3 is 6.16 Å². The van der Waals surface area contributed by atoms with E-state index < -0.39 is 22.1 Å². The van der Waals surface area contributed by atoms with Crippen LogP contribution < -0.4 is 0 Å². The average molecular weight is 180 g/mol. The lowest BCUT2D eigenvalue weighted by Crippen LogP contribution is -2.17. The zero-order valence-electron chi connectivity index (χ0n) is 5.69. The van der Waals surface area contributed by atoms with Crippen molar-refractivity contribution in [3.8, 4) is 0 Å². The van der Waals surface area contributed by atoms with E-state index in [0.717, 1.165) is 0 Å². The van der Waals surface area contributed by atoms with Crippen molar-refractivity contribution in [2.24, 2.45) is 0 Å². The Morgan fingerprint density at radius 3 is 2.55 bits per heavy atom. The molecular formula is C5H8O5S. The van der Waals surface area contributed by atoms with Gasteiger partial charge in [0, 0.05) is 0 Å². The summed E-state index contributed by atoms with van der Waals surface area (Å²) in [5.41, 5.74) is 0. The summed E-state index contributed by atoms with van der Waals surface area (Å²) in [4.78, 5) is 9.95. The lowest BCUT2D eigenvalue weighted by atomic mass is 10.3. The Morgan fingerprint density at radius 2 is 2.18 bits per heavy atom. The highest BCUT2D eigenvalue weighted by Crippen LogP contribution is 2.14. The van der Waals surface area contributed by atoms with Crippen LogP contribution in [-0.4, -0.2) is 37.3 Å². The van der Waals surface area contributed by atoms with Gasteiger partial charge in [0.1, 0.15) is 6.10 Å². The first kappa shape index (κ1) is 8.32. The summed E-state index contributed by atoms with van der Waals surface area (Å²) in [5, 5.41) is 8.13. The van der Waals surface area contributed by atoms with Crippen LogP contribution in [0.4, 0.5) is 4.79 Å². The molecule has 1 unspecified atom stereocenters. The summed E-state index contributed by atoms with van der Waals surface area (Å²) in [6.07, 6.45) is -1.78. The fraction of sp³-hybridized carbons (Fsp3) is 0.800. The van der Waals surface area contributed by atoms with Crippen molar-refractivity contribution >= 4 is 16.0 Å². The van der Waals surface area contributed by atoms with E-state index in [1.165, 1.54) is 0 Å². The van der Waals surface area contributed by atoms with E-state index in [2.05, 4.69) is 4.74 Å². The van der Waals surface area contributed by atoms with Crippen LogP contribution in [0.5, 0.6) is 0 Å². The molecule has 1 atom stereocenters. The number of carboxylic acid groups (broad SMARTS) is 1. The van der Waals surface area contributed by atoms with Gasteiger partial charge in [-0.1, -0.05) is 0 Å². The lowest BCUT2D eigenvalue weighted by molar-refractivity contribution is 0.0618. The summed E-state index contributed by atoms with van der Waals surface area (Å²) >= 11 is 0. The van der Waals surface area contributed by atoms with Gasteiger partial charge in [-0.05, 0) is 6.42 Å². The van der Waals surface area contributed by atoms with E-state index in [4.69, 9.17) is 5.11 Å². The smallest absolute Gasteiger partial charge is 0.450 e. The molecule has 0 aromatic carbocycles. The Balaban J connectivity index is 2.49. The Hall–Kier alpha value is -0.780. The molecule has 1 aliphatic rings. The zero-order chi connectivity index (χ0) is 8.48. The summed E-state index contributed by atoms with van der Waals surface area (Å²) in [6.45, 7) is 0. The van der Waals surface area contributed by atoms with Crippen LogP contribution >= 0.6 is 0 Å². The predicted molar refractivity (Wildman–Crippen MR) is 36.2 cm³/mol. The molecule has 1 saturated heterocycles. The molecule has 0 aromatic rings. The van der Waals surface area contributed by atoms with Crippen LogP contribution in [0.1, 0.15) is 6.42 Å². The molecular weight excluding hydrogens is 172 g/mol. The first-order valence-electron chi connectivity index (χ1n) is 3.09. The SMILES string of the molecule is O=C(O)OC1CCS(=O)(=O)C1. The number of ether oxygens (including phenoxy) is 1. The van der Waals surface area contributed by atoms with Gasteiger partial charge in [0.2, 0.25) is 0 Å². The van der Waals surface area contributed by atoms with Crippen molar-refractivity contribution in [2.45, 2.75) is 12.5 Å². The van der Waals surface area contributed by atoms with E-state index in [1.54, 1.807) is 0 Å². The quantitative estimate of drug-likeness (QED) is 0.568. The van der Waals surface area contributed by atoms with Gasteiger partial charge in [0.05, 0.1) is 11.5 Å². The summed E-state index contributed by atoms with van der Waals surface area (Å²) in [6, 6.07) is 0. The number of carbonyl (C=O) groups is 1. The van der Waals surface area contributed by atoms with E-state index in [0.29, 0.717) is 0 Å². The monoisotopic (exact) mass is 180 g/mol. The highest BCUT2D eigenvalue weighted by Gasteiger charge is 2.30. The van der Waals surface area contributed by atoms with E-state index >= 15 is 0 Å². The number of rotatable bonds is 1. The molecule has 5 nitrogen and oxygen atoms in total. The van der Waals surface area contributed by atoms with Crippen molar-refractivity contribution in [1.29, 1.82) is 0 Å². The minimum atomic E-state index is -3.03. The Kier molecular flexibility index (Phi) is 2.03. The molecule has 0 saturated carbocycles. The van der Waals surface area contributed by atoms with Crippen molar-refractivity contribution in [2.75, 3.05) is 11.5 Å². The second-order valence-corrected chi connectivity index (χ2v) is 4.64. The molecule has 0 aromatic heterocycles. The topological polar surface area (TPSA) is 80.7 Å². The van der Waals surface area contributed by atoms with E-state index in [1.807, 2.05) is 0 Å². The number of hydrogen-bond donors (Lipinski definition) is 1. The first-order chi connectivity index (χ1) is 4.99. The first-order valence-corrected chi connectivity index (χ1v) is 4.92. The fourth-order valence-corrected chi connectivity index (χ4v) is 2.59. The summed E-state index contributed by atoms with van der Waals surface area (Å²) in [7, 11) is -3.03. The van der Waals surface area contributed by atoms with Crippen LogP contribution in [-0.2, 0) is 14.6 Å². The molecule has 0 radical (unpaired) electrons. The van der Waals surface area contributed by atoms with Crippen molar-refractivity contribution in [3.63, 3.8) is 0 Å². The summed E-state index contributed by atoms with van der Waals surface area (Å²) < 4.78 is 25.8. The molecule has 0 bridgehead atoms. The number of sulfone groups is 1. The molecule has 0 spiro atoms. The van der Waals surface area contributed by atoms with E-state index in [9.17, 15) is 13.2 Å². The van der Waals surface area contributed by atoms with Gasteiger partial charge < -0.3 is 9.84 Å². The van der Waals surface area contributed by atoms with Gasteiger partial charge in [0.25, 0.3) is 0 Å². The van der Waals surface area contributed by atoms with Gasteiger partial charge in [-0.25, -0.2) is 13.2 Å². The summed E-state index contributed by atoms with van der Waals surface area (Å²) in [5.74, 6) is -0.135. The van der Waals surface area contributed by atoms with Crippen molar-refractivity contribution in [3.05, 3.63) is 0 Å². The molecule has 0 amide bonds. The highest BCUT2D eigenvalue weighted by molar-refractivity contribution is 7.91. The van der Waals surface area contributed by atoms with Gasteiger partial charge in [-0.3, -0.25) is 0 Å². The van der Waals surface area contributed by atoms with Gasteiger partial charge in [-0.15, -0.1) is 0 Å². The van der Waals surface area contributed by atoms with Crippen LogP contribution in [0.3, 0.4) is 0 Å². The zero-order valence-corrected chi connectivity index (χ0v) is 6.50. The molecule has 64 valence electrons. The number of hydrogen-bond acceptors (Lipinski definition) is 4. The minimum Gasteiger partial charge on any atom is -0.450 e. The van der Waals surface area contributed by atoms with Gasteiger partial charge in [-0.2, -0.15) is 0 Å². The molecule has 1 rings (SSSR count). The standard InChI is InChI=1S/C5H8O5S/c6-5(7)10-4-1-2-11(8,9)3-4/h4H,1-3H2,(H,6,7). The molecule has 1 N–H and O–H groups in total. The lowest BCUT2D eigenvalue weighted by Gasteiger charge is -2.04. The van der Waals surface area contributed by atoms with Crippen LogP contribution in [0.2, 0.25) is 0 Å². The second-order valence-electron chi connectivity index (χ2n) is 2.41. The maximum atomic E-state index is 10.7. The maximum absolute atomic E-state index is 10.7. The van der Waals surface area contributed by atoms with Gasteiger partial charge in [0.15, 0.2) is 9.84 Å². The third-order valence-electron chi connectivity index (χ3n) is 1.46. The molecule has 0 aliphatic carbocycles. The van der Waals surface area contributed by atoms with Crippen LogP contribution in [0.15, 0.2) is 0 Å². The second kappa shape index (κ2) is 2.69. The van der Waals surface area contributed by atoms with E-state index in [-0.39, 0.29) is 17.9 Å². The van der Waals surface area contributed by atoms with Crippen LogP contribution in [0.25, 0.3) is 0 Å². The Labute approximate surface area is 63.9 Å². The predicted octanol–water partition coefficient (Wildman–Crippen LogP) is -0.132. The minimum absolute atomic E-state index is 0.0327. The highest BCUT2D eigenvalue weighted by atomic mass is 32.2. The third kappa shape index (κ3) is 2.38. The van der Waals surface area contributed by atoms with Crippen LogP contribution in [0, 0.1) is 0 Å². The van der Waals surface area contributed by atoms with Crippen molar-refractivity contribution < 1.29 is 23.1 Å². The fourth-order valence-electron chi connectivity index (χ4n) is 0.996. The molecule has 11 heavy (non-hydrogen) atoms. The molecule has 1 aliphatic heterocycles.